The first-order valence-corrected chi connectivity index (χ1v) is 13.1. The van der Waals surface area contributed by atoms with Crippen molar-refractivity contribution in [3.63, 3.8) is 0 Å². The predicted molar refractivity (Wildman–Crippen MR) is 144 cm³/mol. The summed E-state index contributed by atoms with van der Waals surface area (Å²) in [6, 6.07) is 19.9. The van der Waals surface area contributed by atoms with Gasteiger partial charge in [0.05, 0.1) is 22.9 Å². The number of nitrogens with one attached hydrogen (secondary N) is 2. The largest absolute Gasteiger partial charge is 0.494 e. The van der Waals surface area contributed by atoms with E-state index in [1.54, 1.807) is 67.6 Å². The molecule has 0 radical (unpaired) electrons. The Morgan fingerprint density at radius 1 is 0.973 bits per heavy atom. The number of aryl methyl sites for hydroxylation is 1. The van der Waals surface area contributed by atoms with Crippen molar-refractivity contribution in [2.24, 2.45) is 5.10 Å². The molecule has 0 aliphatic carbocycles. The molecule has 0 heterocycles. The quantitative estimate of drug-likeness (QED) is 0.307. The Morgan fingerprint density at radius 3 is 2.27 bits per heavy atom. The van der Waals surface area contributed by atoms with E-state index in [1.807, 2.05) is 13.8 Å². The van der Waals surface area contributed by atoms with Gasteiger partial charge < -0.3 is 10.1 Å². The lowest BCUT2D eigenvalue weighted by Gasteiger charge is -2.24. The van der Waals surface area contributed by atoms with E-state index in [0.717, 1.165) is 9.87 Å². The second-order valence-corrected chi connectivity index (χ2v) is 10.1. The smallest absolute Gasteiger partial charge is 0.264 e. The fraction of sp³-hybridized carbons (Fsp3) is 0.222. The van der Waals surface area contributed by atoms with Gasteiger partial charge in [-0.2, -0.15) is 5.10 Å². The Labute approximate surface area is 217 Å². The van der Waals surface area contributed by atoms with Crippen LogP contribution in [-0.2, 0) is 19.6 Å². The summed E-state index contributed by atoms with van der Waals surface area (Å²) in [5, 5.41) is 6.82. The monoisotopic (exact) mass is 522 g/mol. The summed E-state index contributed by atoms with van der Waals surface area (Å²) < 4.78 is 33.5. The minimum absolute atomic E-state index is 0.0641. The maximum Gasteiger partial charge on any atom is 0.264 e. The first-order chi connectivity index (χ1) is 17.6. The molecule has 9 nitrogen and oxygen atoms in total. The predicted octanol–water partition coefficient (Wildman–Crippen LogP) is 4.09. The van der Waals surface area contributed by atoms with Gasteiger partial charge in [-0.15, -0.1) is 0 Å². The Morgan fingerprint density at radius 2 is 1.65 bits per heavy atom. The minimum Gasteiger partial charge on any atom is -0.494 e. The number of nitrogens with zero attached hydrogens (tertiary/aromatic N) is 2. The van der Waals surface area contributed by atoms with Crippen LogP contribution in [0.3, 0.4) is 0 Å². The Balaban J connectivity index is 1.85. The van der Waals surface area contributed by atoms with Crippen molar-refractivity contribution in [3.8, 4) is 5.75 Å². The second kappa shape index (κ2) is 12.2. The normalized spacial score (nSPS) is 11.5. The van der Waals surface area contributed by atoms with E-state index in [-0.39, 0.29) is 10.8 Å². The van der Waals surface area contributed by atoms with Gasteiger partial charge in [0, 0.05) is 12.6 Å². The Kier molecular flexibility index (Phi) is 9.02. The average Bonchev–Trinajstić information content (AvgIpc) is 2.86. The van der Waals surface area contributed by atoms with Gasteiger partial charge in [0.1, 0.15) is 12.3 Å². The number of amides is 2. The number of hydrogen-bond donors (Lipinski definition) is 2. The van der Waals surface area contributed by atoms with E-state index >= 15 is 0 Å². The van der Waals surface area contributed by atoms with Crippen molar-refractivity contribution in [3.05, 3.63) is 83.9 Å². The molecule has 3 aromatic carbocycles. The van der Waals surface area contributed by atoms with E-state index in [4.69, 9.17) is 4.74 Å². The van der Waals surface area contributed by atoms with Crippen molar-refractivity contribution in [1.82, 2.24) is 5.43 Å². The second-order valence-electron chi connectivity index (χ2n) is 8.25. The van der Waals surface area contributed by atoms with Crippen LogP contribution in [0, 0.1) is 6.92 Å². The number of carbonyl (C=O) groups is 2. The summed E-state index contributed by atoms with van der Waals surface area (Å²) in [4.78, 5) is 24.3. The molecule has 0 unspecified atom stereocenters. The highest BCUT2D eigenvalue weighted by molar-refractivity contribution is 7.92. The van der Waals surface area contributed by atoms with Gasteiger partial charge in [0.15, 0.2) is 0 Å². The van der Waals surface area contributed by atoms with Crippen LogP contribution >= 0.6 is 0 Å². The zero-order chi connectivity index (χ0) is 27.0. The molecule has 0 aromatic heterocycles. The lowest BCUT2D eigenvalue weighted by Crippen LogP contribution is -2.39. The van der Waals surface area contributed by atoms with Gasteiger partial charge in [-0.1, -0.05) is 29.8 Å². The van der Waals surface area contributed by atoms with Crippen LogP contribution in [0.2, 0.25) is 0 Å². The SMILES string of the molecule is CCOc1ccc(N(CC(=O)N/N=C(/C)c2cccc(NC(C)=O)c2)S(=O)(=O)c2ccc(C)cc2)cc1. The van der Waals surface area contributed by atoms with E-state index < -0.39 is 22.5 Å². The fourth-order valence-electron chi connectivity index (χ4n) is 3.43. The molecule has 194 valence electrons. The third-order valence-electron chi connectivity index (χ3n) is 5.28. The number of ether oxygens (including phenoxy) is 1. The summed E-state index contributed by atoms with van der Waals surface area (Å²) in [6.07, 6.45) is 0. The zero-order valence-corrected chi connectivity index (χ0v) is 22.0. The van der Waals surface area contributed by atoms with Crippen LogP contribution in [0.5, 0.6) is 5.75 Å². The topological polar surface area (TPSA) is 117 Å². The highest BCUT2D eigenvalue weighted by Gasteiger charge is 2.27. The first kappa shape index (κ1) is 27.4. The number of hydrogen-bond acceptors (Lipinski definition) is 6. The summed E-state index contributed by atoms with van der Waals surface area (Å²) in [5.74, 6) is -0.240. The summed E-state index contributed by atoms with van der Waals surface area (Å²) in [6.45, 7) is 6.80. The van der Waals surface area contributed by atoms with Crippen molar-refractivity contribution < 1.29 is 22.7 Å². The molecule has 0 spiro atoms. The average molecular weight is 523 g/mol. The van der Waals surface area contributed by atoms with Gasteiger partial charge in [-0.3, -0.25) is 13.9 Å². The van der Waals surface area contributed by atoms with Gasteiger partial charge in [-0.25, -0.2) is 13.8 Å². The van der Waals surface area contributed by atoms with E-state index in [9.17, 15) is 18.0 Å². The highest BCUT2D eigenvalue weighted by Crippen LogP contribution is 2.26. The third-order valence-corrected chi connectivity index (χ3v) is 7.07. The first-order valence-electron chi connectivity index (χ1n) is 11.6. The molecular formula is C27H30N4O5S. The molecule has 3 aromatic rings. The standard InChI is InChI=1S/C27H30N4O5S/c1-5-36-25-13-11-24(12-14-25)31(37(34,35)26-15-9-19(2)10-16-26)18-27(33)30-29-20(3)22-7-6-8-23(17-22)28-21(4)32/h6-17H,5,18H2,1-4H3,(H,28,32)(H,30,33)/b29-20-. The minimum atomic E-state index is -4.06. The van der Waals surface area contributed by atoms with Gasteiger partial charge in [-0.05, 0) is 74.9 Å². The molecule has 0 atom stereocenters. The van der Waals surface area contributed by atoms with Crippen LogP contribution in [0.1, 0.15) is 31.9 Å². The molecule has 3 rings (SSSR count). The molecular weight excluding hydrogens is 492 g/mol. The number of carbonyl (C=O) groups excluding carboxylic acids is 2. The Bertz CT molecular complexity index is 1390. The van der Waals surface area contributed by atoms with Crippen molar-refractivity contribution >= 4 is 38.9 Å². The molecule has 37 heavy (non-hydrogen) atoms. The molecule has 0 aliphatic heterocycles. The molecule has 2 amide bonds. The van der Waals surface area contributed by atoms with Crippen LogP contribution in [0.25, 0.3) is 0 Å². The van der Waals surface area contributed by atoms with Crippen molar-refractivity contribution in [2.45, 2.75) is 32.6 Å². The lowest BCUT2D eigenvalue weighted by atomic mass is 10.1. The molecule has 2 N–H and O–H groups in total. The van der Waals surface area contributed by atoms with E-state index in [1.165, 1.54) is 19.1 Å². The fourth-order valence-corrected chi connectivity index (χ4v) is 4.85. The number of anilines is 2. The number of hydrazone groups is 1. The van der Waals surface area contributed by atoms with Gasteiger partial charge in [0.2, 0.25) is 5.91 Å². The summed E-state index contributed by atoms with van der Waals surface area (Å²) >= 11 is 0. The number of sulfonamides is 1. The van der Waals surface area contributed by atoms with Gasteiger partial charge >= 0.3 is 0 Å². The van der Waals surface area contributed by atoms with Crippen molar-refractivity contribution in [1.29, 1.82) is 0 Å². The van der Waals surface area contributed by atoms with E-state index in [2.05, 4.69) is 15.8 Å². The maximum absolute atomic E-state index is 13.5. The van der Waals surface area contributed by atoms with Crippen LogP contribution in [0.4, 0.5) is 11.4 Å². The molecule has 0 saturated carbocycles. The summed E-state index contributed by atoms with van der Waals surface area (Å²) in [5.41, 5.74) is 5.42. The van der Waals surface area contributed by atoms with Gasteiger partial charge in [0.25, 0.3) is 15.9 Å². The van der Waals surface area contributed by atoms with Crippen LogP contribution in [0.15, 0.2) is 82.8 Å². The molecule has 0 aliphatic rings. The van der Waals surface area contributed by atoms with Crippen LogP contribution in [-0.4, -0.2) is 39.1 Å². The summed E-state index contributed by atoms with van der Waals surface area (Å²) in [7, 11) is -4.06. The third kappa shape index (κ3) is 7.40. The van der Waals surface area contributed by atoms with Crippen molar-refractivity contribution in [2.75, 3.05) is 22.8 Å². The molecule has 10 heteroatoms. The maximum atomic E-state index is 13.5. The number of benzene rings is 3. The highest BCUT2D eigenvalue weighted by atomic mass is 32.2. The Hall–Kier alpha value is -4.18. The molecule has 0 fully saturated rings. The number of rotatable bonds is 10. The zero-order valence-electron chi connectivity index (χ0n) is 21.2. The van der Waals surface area contributed by atoms with E-state index in [0.29, 0.717) is 35.0 Å². The van der Waals surface area contributed by atoms with Crippen LogP contribution < -0.4 is 19.8 Å². The molecule has 0 saturated heterocycles. The lowest BCUT2D eigenvalue weighted by molar-refractivity contribution is -0.119. The molecule has 0 bridgehead atoms.